The van der Waals surface area contributed by atoms with Gasteiger partial charge in [-0.05, 0) is 37.3 Å². The molecular weight excluding hydrogens is 724 g/mol. The molecule has 4 aromatic rings. The van der Waals surface area contributed by atoms with Crippen molar-refractivity contribution < 1.29 is 32.2 Å². The minimum atomic E-state index is -0.950. The first kappa shape index (κ1) is 36.8. The number of carbonyl (C=O) groups is 1. The van der Waals surface area contributed by atoms with Gasteiger partial charge in [0.1, 0.15) is 41.2 Å². The molecule has 292 valence electrons. The Morgan fingerprint density at radius 1 is 1.12 bits per heavy atom. The molecule has 14 heteroatoms. The van der Waals surface area contributed by atoms with Crippen molar-refractivity contribution in [1.29, 1.82) is 0 Å². The molecule has 5 fully saturated rings. The Labute approximate surface area is 323 Å². The number of pyridine rings is 1. The lowest BCUT2D eigenvalue weighted by atomic mass is 9.91. The number of halogens is 3. The molecule has 0 aliphatic carbocycles. The number of ether oxygens (including phenoxy) is 3. The van der Waals surface area contributed by atoms with Gasteiger partial charge in [0.05, 0.1) is 35.8 Å². The highest BCUT2D eigenvalue weighted by atomic mass is 19.1. The number of aromatic nitrogens is 3. The average molecular weight is 768 g/mol. The number of hydrogen-bond acceptors (Lipinski definition) is 10. The highest BCUT2D eigenvalue weighted by molar-refractivity contribution is 6.02. The summed E-state index contributed by atoms with van der Waals surface area (Å²) >= 11 is 0. The zero-order valence-electron chi connectivity index (χ0n) is 31.4. The maximum absolute atomic E-state index is 17.1. The Hall–Kier alpha value is -4.81. The fourth-order valence-electron chi connectivity index (χ4n) is 9.49. The van der Waals surface area contributed by atoms with Gasteiger partial charge in [0, 0.05) is 82.6 Å². The van der Waals surface area contributed by atoms with Gasteiger partial charge in [0.25, 0.3) is 0 Å². The van der Waals surface area contributed by atoms with Crippen LogP contribution in [0.4, 0.5) is 19.0 Å². The van der Waals surface area contributed by atoms with E-state index in [9.17, 15) is 13.6 Å². The van der Waals surface area contributed by atoms with Gasteiger partial charge in [-0.1, -0.05) is 36.3 Å². The third-order valence-corrected chi connectivity index (χ3v) is 12.4. The third-order valence-electron chi connectivity index (χ3n) is 12.4. The summed E-state index contributed by atoms with van der Waals surface area (Å²) in [5.74, 6) is 1.41. The summed E-state index contributed by atoms with van der Waals surface area (Å²) in [5.41, 5.74) is -0.839. The Kier molecular flexibility index (Phi) is 9.60. The van der Waals surface area contributed by atoms with Crippen LogP contribution in [0.2, 0.25) is 0 Å². The van der Waals surface area contributed by atoms with E-state index in [2.05, 4.69) is 25.7 Å². The fraction of sp³-hybridized carbons (Fsp3) is 0.476. The van der Waals surface area contributed by atoms with Crippen molar-refractivity contribution in [2.24, 2.45) is 0 Å². The first-order valence-corrected chi connectivity index (χ1v) is 19.3. The largest absolute Gasteiger partial charge is 0.461 e. The number of alkyl halides is 1. The van der Waals surface area contributed by atoms with Gasteiger partial charge in [-0.3, -0.25) is 19.6 Å². The zero-order chi connectivity index (χ0) is 38.6. The number of benzene rings is 2. The molecule has 3 atom stereocenters. The Morgan fingerprint density at radius 2 is 2.00 bits per heavy atom. The van der Waals surface area contributed by atoms with E-state index < -0.39 is 28.9 Å². The van der Waals surface area contributed by atoms with E-state index >= 15 is 4.39 Å². The number of terminal acetylenes is 1. The molecule has 0 unspecified atom stereocenters. The number of hydrogen-bond donors (Lipinski definition) is 0. The fourth-order valence-corrected chi connectivity index (χ4v) is 9.49. The Bertz CT molecular complexity index is 2260. The smallest absolute Gasteiger partial charge is 0.319 e. The van der Waals surface area contributed by atoms with Gasteiger partial charge in [0.2, 0.25) is 5.91 Å². The van der Waals surface area contributed by atoms with Crippen molar-refractivity contribution >= 4 is 33.4 Å². The molecule has 0 bridgehead atoms. The minimum Gasteiger partial charge on any atom is -0.461 e. The topological polar surface area (TPSA) is 96.4 Å². The average Bonchev–Trinajstić information content (AvgIpc) is 3.90. The first-order chi connectivity index (χ1) is 27.2. The van der Waals surface area contributed by atoms with Crippen LogP contribution < -0.4 is 9.64 Å². The zero-order valence-corrected chi connectivity index (χ0v) is 31.4. The van der Waals surface area contributed by atoms with E-state index in [-0.39, 0.29) is 41.4 Å². The summed E-state index contributed by atoms with van der Waals surface area (Å²) in [4.78, 5) is 36.0. The number of likely N-dealkylation sites (tertiary alicyclic amines) is 1. The predicted octanol–water partition coefficient (Wildman–Crippen LogP) is 4.75. The molecule has 11 nitrogen and oxygen atoms in total. The maximum Gasteiger partial charge on any atom is 0.319 e. The van der Waals surface area contributed by atoms with Gasteiger partial charge in [-0.2, -0.15) is 9.97 Å². The van der Waals surface area contributed by atoms with Crippen LogP contribution >= 0.6 is 0 Å². The van der Waals surface area contributed by atoms with Crippen molar-refractivity contribution in [3.8, 4) is 29.6 Å². The van der Waals surface area contributed by atoms with E-state index in [1.165, 1.54) is 12.3 Å². The van der Waals surface area contributed by atoms with Crippen LogP contribution in [0.1, 0.15) is 31.2 Å². The molecule has 2 aromatic heterocycles. The Balaban J connectivity index is 1.06. The van der Waals surface area contributed by atoms with Gasteiger partial charge < -0.3 is 24.0 Å². The Morgan fingerprint density at radius 3 is 2.79 bits per heavy atom. The predicted molar refractivity (Wildman–Crippen MR) is 205 cm³/mol. The SMILES string of the molecule is C#Cc1c(F)ccc2cccc(-c3ncc4c(N5CCN(C(=O)/C=C/CN6CC[C@@H](OC)C6)C6(COC6)C5)nc(OC[C@@]56CCCN5C[C@H](F)C6)nc4c3F)c12. The number of nitrogens with zero attached hydrogens (tertiary/aromatic N) is 7. The van der Waals surface area contributed by atoms with Crippen molar-refractivity contribution in [2.45, 2.75) is 49.0 Å². The molecule has 5 saturated heterocycles. The molecule has 9 rings (SSSR count). The monoisotopic (exact) mass is 767 g/mol. The lowest BCUT2D eigenvalue weighted by Gasteiger charge is -2.55. The van der Waals surface area contributed by atoms with Crippen molar-refractivity contribution in [2.75, 3.05) is 84.2 Å². The number of anilines is 1. The van der Waals surface area contributed by atoms with Crippen molar-refractivity contribution in [3.05, 3.63) is 65.9 Å². The van der Waals surface area contributed by atoms with Crippen LogP contribution in [-0.4, -0.2) is 138 Å². The minimum absolute atomic E-state index is 0.0148. The summed E-state index contributed by atoms with van der Waals surface area (Å²) in [6.07, 6.45) is 13.1. The van der Waals surface area contributed by atoms with E-state index in [0.29, 0.717) is 79.9 Å². The van der Waals surface area contributed by atoms with Gasteiger partial charge in [-0.25, -0.2) is 13.2 Å². The lowest BCUT2D eigenvalue weighted by molar-refractivity contribution is -0.164. The van der Waals surface area contributed by atoms with E-state index in [4.69, 9.17) is 25.6 Å². The molecular formula is C42H44F3N7O4. The standard InChI is InChI=1S/C42H44F3N7O4/c1-3-30-33(44)11-10-27-7-4-8-31(35(27)30)37-36(45)38-32(20-46-37)39(48-40(47-38)56-26-41-13-6-15-51(41)21-28(43)19-41)50-17-18-52(42(23-50)24-55-25-42)34(53)9-5-14-49-16-12-29(22-49)54-2/h1,4-5,7-11,20,28-29H,6,12-19,21-26H2,2H3/b9-5+/t28-,29-,41+/m1/s1. The summed E-state index contributed by atoms with van der Waals surface area (Å²) in [7, 11) is 1.72. The van der Waals surface area contributed by atoms with Crippen molar-refractivity contribution in [1.82, 2.24) is 29.7 Å². The quantitative estimate of drug-likeness (QED) is 0.176. The second-order valence-corrected chi connectivity index (χ2v) is 15.8. The lowest BCUT2D eigenvalue weighted by Crippen LogP contribution is -2.72. The number of carbonyl (C=O) groups excluding carboxylic acids is 1. The summed E-state index contributed by atoms with van der Waals surface area (Å²) in [6, 6.07) is 8.04. The second kappa shape index (κ2) is 14.6. The van der Waals surface area contributed by atoms with Crippen LogP contribution in [-0.2, 0) is 14.3 Å². The highest BCUT2D eigenvalue weighted by Gasteiger charge is 2.51. The summed E-state index contributed by atoms with van der Waals surface area (Å²) in [6.45, 7) is 5.55. The van der Waals surface area contributed by atoms with Crippen LogP contribution in [0.3, 0.4) is 0 Å². The van der Waals surface area contributed by atoms with E-state index in [0.717, 1.165) is 38.9 Å². The molecule has 5 aliphatic heterocycles. The first-order valence-electron chi connectivity index (χ1n) is 19.3. The molecule has 7 heterocycles. The van der Waals surface area contributed by atoms with Crippen LogP contribution in [0.15, 0.2) is 48.7 Å². The van der Waals surface area contributed by atoms with Crippen molar-refractivity contribution in [3.63, 3.8) is 0 Å². The molecule has 0 N–H and O–H groups in total. The number of amides is 1. The van der Waals surface area contributed by atoms with Crippen LogP contribution in [0, 0.1) is 24.0 Å². The van der Waals surface area contributed by atoms with Gasteiger partial charge in [0.15, 0.2) is 5.82 Å². The van der Waals surface area contributed by atoms with E-state index in [1.807, 2.05) is 15.9 Å². The molecule has 56 heavy (non-hydrogen) atoms. The van der Waals surface area contributed by atoms with Gasteiger partial charge >= 0.3 is 6.01 Å². The maximum atomic E-state index is 17.1. The summed E-state index contributed by atoms with van der Waals surface area (Å²) in [5, 5.41) is 1.36. The molecule has 5 aliphatic rings. The molecule has 1 amide bonds. The number of fused-ring (bicyclic) bond motifs is 3. The van der Waals surface area contributed by atoms with Gasteiger partial charge in [-0.15, -0.1) is 6.42 Å². The molecule has 2 aromatic carbocycles. The third kappa shape index (κ3) is 6.34. The number of methoxy groups -OCH3 is 1. The highest BCUT2D eigenvalue weighted by Crippen LogP contribution is 2.42. The molecule has 1 spiro atoms. The van der Waals surface area contributed by atoms with Crippen LogP contribution in [0.5, 0.6) is 6.01 Å². The molecule has 0 radical (unpaired) electrons. The normalized spacial score (nSPS) is 25.1. The second-order valence-electron chi connectivity index (χ2n) is 15.8. The van der Waals surface area contributed by atoms with Crippen LogP contribution in [0.25, 0.3) is 32.9 Å². The molecule has 0 saturated carbocycles. The number of piperazine rings is 1. The number of rotatable bonds is 9. The summed E-state index contributed by atoms with van der Waals surface area (Å²) < 4.78 is 64.3. The van der Waals surface area contributed by atoms with E-state index in [1.54, 1.807) is 37.5 Å².